The Morgan fingerprint density at radius 3 is 2.60 bits per heavy atom. The van der Waals surface area contributed by atoms with E-state index in [0.717, 1.165) is 27.1 Å². The second kappa shape index (κ2) is 14.1. The average molecular weight is 774 g/mol. The molecule has 0 saturated carbocycles. The van der Waals surface area contributed by atoms with Gasteiger partial charge in [0.15, 0.2) is 17.3 Å². The number of hydrogen-bond donors (Lipinski definition) is 2. The molecule has 1 aromatic carbocycles. The molecule has 0 atom stereocenters. The Bertz CT molecular complexity index is 2430. The van der Waals surface area contributed by atoms with Crippen LogP contribution >= 0.6 is 22.9 Å². The van der Waals surface area contributed by atoms with Crippen molar-refractivity contribution in [3.05, 3.63) is 79.1 Å². The Labute approximate surface area is 313 Å². The molecule has 5 aromatic rings. The summed E-state index contributed by atoms with van der Waals surface area (Å²) >= 11 is 7.53. The topological polar surface area (TPSA) is 154 Å². The fourth-order valence-corrected chi connectivity index (χ4v) is 7.83. The van der Waals surface area contributed by atoms with E-state index in [-0.39, 0.29) is 84.3 Å². The van der Waals surface area contributed by atoms with Gasteiger partial charge in [-0.3, -0.25) is 14.4 Å². The zero-order chi connectivity index (χ0) is 40.3. The van der Waals surface area contributed by atoms with Crippen molar-refractivity contribution in [2.75, 3.05) is 49.9 Å². The van der Waals surface area contributed by atoms with Crippen LogP contribution in [0, 0.1) is 6.92 Å². The van der Waals surface area contributed by atoms with Crippen molar-refractivity contribution < 1.29 is 32.0 Å². The molecule has 2 N–H and O–H groups in total. The van der Waals surface area contributed by atoms with Gasteiger partial charge in [-0.1, -0.05) is 18.5 Å². The lowest BCUT2D eigenvalue weighted by Gasteiger charge is -2.36. The Kier molecular flexibility index (Phi) is 8.64. The molecule has 19 heteroatoms. The zero-order valence-corrected chi connectivity index (χ0v) is 29.9. The van der Waals surface area contributed by atoms with E-state index >= 15 is 0 Å². The van der Waals surface area contributed by atoms with Crippen LogP contribution in [0.1, 0.15) is 48.9 Å². The number of aryl methyl sites for hydroxylation is 1. The van der Waals surface area contributed by atoms with Gasteiger partial charge in [0.2, 0.25) is 11.7 Å². The number of piperazine rings is 1. The van der Waals surface area contributed by atoms with Gasteiger partial charge in [-0.25, -0.2) is 9.97 Å². The van der Waals surface area contributed by atoms with E-state index < -0.39 is 42.6 Å². The molecule has 0 bridgehead atoms. The SMILES string of the molecule is [2H]C([2H])([2H])N1CCc2sc(-c3nc4n(CC(=O)Nc5ccc(C(F)(F)F)cc5Cl)c(CC)c(N5CCN(C(=O)c6ncnc(C)c6O)CC5)c(=O)n4n3)cc2C1. The number of fused-ring (bicyclic) bond motifs is 2. The molecule has 6 heterocycles. The molecule has 4 aromatic heterocycles. The van der Waals surface area contributed by atoms with Gasteiger partial charge in [-0.05, 0) is 56.6 Å². The number of carbonyl (C=O) groups excluding carboxylic acids is 2. The van der Waals surface area contributed by atoms with Crippen LogP contribution in [0.2, 0.25) is 5.02 Å². The van der Waals surface area contributed by atoms with Gasteiger partial charge in [0.25, 0.3) is 11.5 Å². The maximum Gasteiger partial charge on any atom is 0.416 e. The molecule has 0 radical (unpaired) electrons. The molecule has 2 aliphatic rings. The van der Waals surface area contributed by atoms with Crippen LogP contribution in [0.5, 0.6) is 5.75 Å². The van der Waals surface area contributed by atoms with Crippen molar-refractivity contribution in [3.8, 4) is 16.5 Å². The molecule has 1 saturated heterocycles. The monoisotopic (exact) mass is 773 g/mol. The molecule has 0 unspecified atom stereocenters. The maximum atomic E-state index is 14.4. The molecule has 0 aliphatic carbocycles. The van der Waals surface area contributed by atoms with Crippen LogP contribution in [0.25, 0.3) is 16.5 Å². The van der Waals surface area contributed by atoms with Gasteiger partial charge in [0.05, 0.1) is 32.5 Å². The highest BCUT2D eigenvalue weighted by Crippen LogP contribution is 2.35. The zero-order valence-electron chi connectivity index (χ0n) is 31.4. The summed E-state index contributed by atoms with van der Waals surface area (Å²) in [5.41, 5.74) is -0.0213. The summed E-state index contributed by atoms with van der Waals surface area (Å²) in [5, 5.41) is 17.2. The van der Waals surface area contributed by atoms with Crippen LogP contribution in [0.3, 0.4) is 0 Å². The number of alkyl halides is 3. The van der Waals surface area contributed by atoms with Gasteiger partial charge < -0.3 is 29.7 Å². The minimum Gasteiger partial charge on any atom is -0.504 e. The van der Waals surface area contributed by atoms with E-state index in [4.69, 9.17) is 20.7 Å². The minimum absolute atomic E-state index is 0.0261. The van der Waals surface area contributed by atoms with Gasteiger partial charge in [-0.2, -0.15) is 22.7 Å². The second-order valence-electron chi connectivity index (χ2n) is 12.6. The number of halogens is 4. The van der Waals surface area contributed by atoms with Crippen molar-refractivity contribution in [1.29, 1.82) is 0 Å². The van der Waals surface area contributed by atoms with Crippen LogP contribution in [-0.4, -0.2) is 95.6 Å². The lowest BCUT2D eigenvalue weighted by atomic mass is 10.1. The smallest absolute Gasteiger partial charge is 0.416 e. The van der Waals surface area contributed by atoms with Gasteiger partial charge in [-0.15, -0.1) is 16.4 Å². The first-order chi connectivity index (χ1) is 26.4. The summed E-state index contributed by atoms with van der Waals surface area (Å²) in [6, 6.07) is 4.37. The lowest BCUT2D eigenvalue weighted by molar-refractivity contribution is -0.137. The number of hydrogen-bond acceptors (Lipinski definition) is 11. The number of nitrogens with zero attached hydrogens (tertiary/aromatic N) is 9. The average Bonchev–Trinajstić information content (AvgIpc) is 3.79. The van der Waals surface area contributed by atoms with Crippen LogP contribution in [0.15, 0.2) is 35.4 Å². The van der Waals surface area contributed by atoms with Crippen molar-refractivity contribution in [1.82, 2.24) is 38.9 Å². The van der Waals surface area contributed by atoms with E-state index in [1.165, 1.54) is 32.0 Å². The number of amides is 2. The third-order valence-corrected chi connectivity index (χ3v) is 10.8. The molecular formula is C34H34ClF3N10O4S. The summed E-state index contributed by atoms with van der Waals surface area (Å²) in [5.74, 6) is -1.29. The fourth-order valence-electron chi connectivity index (χ4n) is 6.51. The predicted octanol–water partition coefficient (Wildman–Crippen LogP) is 4.25. The summed E-state index contributed by atoms with van der Waals surface area (Å²) in [7, 11) is 0. The minimum atomic E-state index is -4.64. The number of benzene rings is 1. The van der Waals surface area contributed by atoms with E-state index in [0.29, 0.717) is 29.6 Å². The molecular weight excluding hydrogens is 737 g/mol. The van der Waals surface area contributed by atoms with Crippen molar-refractivity contribution in [2.24, 2.45) is 0 Å². The molecule has 53 heavy (non-hydrogen) atoms. The summed E-state index contributed by atoms with van der Waals surface area (Å²) < 4.78 is 65.9. The highest BCUT2D eigenvalue weighted by molar-refractivity contribution is 7.15. The quantitative estimate of drug-likeness (QED) is 0.246. The third-order valence-electron chi connectivity index (χ3n) is 9.21. The second-order valence-corrected chi connectivity index (χ2v) is 14.1. The Balaban J connectivity index is 1.25. The highest BCUT2D eigenvalue weighted by atomic mass is 35.5. The van der Waals surface area contributed by atoms with Gasteiger partial charge >= 0.3 is 6.18 Å². The number of carbonyl (C=O) groups is 2. The third kappa shape index (κ3) is 6.93. The number of aromatic hydroxyl groups is 1. The first kappa shape index (κ1) is 32.6. The number of nitrogens with one attached hydrogen (secondary N) is 1. The number of likely N-dealkylation sites (N-methyl/N-ethyl adjacent to an activating group) is 1. The molecule has 14 nitrogen and oxygen atoms in total. The van der Waals surface area contributed by atoms with E-state index in [9.17, 15) is 32.7 Å². The van der Waals surface area contributed by atoms with Crippen LogP contribution in [0.4, 0.5) is 24.5 Å². The molecule has 2 aliphatic heterocycles. The maximum absolute atomic E-state index is 14.4. The summed E-state index contributed by atoms with van der Waals surface area (Å²) in [6.07, 6.45) is -2.71. The largest absolute Gasteiger partial charge is 0.504 e. The fraction of sp³-hybridized carbons (Fsp3) is 0.382. The summed E-state index contributed by atoms with van der Waals surface area (Å²) in [6.45, 7) is 1.87. The highest BCUT2D eigenvalue weighted by Gasteiger charge is 2.33. The van der Waals surface area contributed by atoms with E-state index in [1.807, 2.05) is 0 Å². The van der Waals surface area contributed by atoms with Crippen LogP contribution in [-0.2, 0) is 36.9 Å². The number of anilines is 2. The normalized spacial score (nSPS) is 16.3. The first-order valence-electron chi connectivity index (χ1n) is 18.1. The Hall–Kier alpha value is -5.07. The summed E-state index contributed by atoms with van der Waals surface area (Å²) in [4.78, 5) is 60.2. The van der Waals surface area contributed by atoms with Crippen molar-refractivity contribution in [2.45, 2.75) is 46.0 Å². The molecule has 1 fully saturated rings. The van der Waals surface area contributed by atoms with Crippen molar-refractivity contribution >= 4 is 51.9 Å². The predicted molar refractivity (Wildman–Crippen MR) is 192 cm³/mol. The molecule has 2 amide bonds. The first-order valence-corrected chi connectivity index (χ1v) is 17.7. The van der Waals surface area contributed by atoms with E-state index in [2.05, 4.69) is 20.4 Å². The van der Waals surface area contributed by atoms with Gasteiger partial charge in [0.1, 0.15) is 18.6 Å². The lowest BCUT2D eigenvalue weighted by Crippen LogP contribution is -2.51. The van der Waals surface area contributed by atoms with Crippen LogP contribution < -0.4 is 15.8 Å². The Morgan fingerprint density at radius 1 is 1.13 bits per heavy atom. The Morgan fingerprint density at radius 2 is 1.91 bits per heavy atom. The molecule has 0 spiro atoms. The standard InChI is InChI=1S/C34H34ClF3N10O4S/c1-4-23-28(45-9-11-46(12-10-45)31(51)27-29(50)18(2)39-17-40-27)32(52)48-33(42-30(43-48)25-13-19-15-44(3)8-7-24(19)53-25)47(23)16-26(49)41-22-6-5-20(14-21(22)35)34(36,37)38/h5-6,13-14,17,50H,4,7-12,15-16H2,1-3H3,(H,41,49)/i3D3. The van der Waals surface area contributed by atoms with Gasteiger partial charge in [0, 0.05) is 48.3 Å². The number of rotatable bonds is 7. The number of aromatic nitrogens is 6. The molecule has 7 rings (SSSR count). The van der Waals surface area contributed by atoms with Crippen molar-refractivity contribution in [3.63, 3.8) is 0 Å². The van der Waals surface area contributed by atoms with E-state index in [1.54, 1.807) is 24.8 Å². The number of thiophene rings is 1. The molecule has 278 valence electrons.